The number of hydrogen-bond acceptors (Lipinski definition) is 9. The molecule has 1 rings (SSSR count). The van der Waals surface area contributed by atoms with E-state index in [2.05, 4.69) is 16.0 Å². The monoisotopic (exact) mass is 542 g/mol. The maximum Gasteiger partial charge on any atom is 0.326 e. The van der Waals surface area contributed by atoms with E-state index in [4.69, 9.17) is 10.8 Å². The molecule has 1 aromatic carbocycles. The topological polar surface area (TPSA) is 228 Å². The lowest BCUT2D eigenvalue weighted by Gasteiger charge is -2.26. The van der Waals surface area contributed by atoms with Crippen LogP contribution in [0.25, 0.3) is 0 Å². The smallest absolute Gasteiger partial charge is 0.326 e. The first kappa shape index (κ1) is 31.7. The second-order valence-electron chi connectivity index (χ2n) is 8.38. The minimum absolute atomic E-state index is 0.0205. The summed E-state index contributed by atoms with van der Waals surface area (Å²) in [7, 11) is 0. The molecule has 0 aliphatic carbocycles. The number of aromatic hydroxyl groups is 1. The number of phenols is 1. The summed E-state index contributed by atoms with van der Waals surface area (Å²) in [4.78, 5) is 60.7. The van der Waals surface area contributed by atoms with Crippen molar-refractivity contribution in [3.05, 3.63) is 29.8 Å². The number of amides is 3. The molecule has 0 heterocycles. The second-order valence-corrected chi connectivity index (χ2v) is 9.36. The third-order valence-electron chi connectivity index (χ3n) is 5.30. The van der Waals surface area contributed by atoms with Crippen molar-refractivity contribution in [3.63, 3.8) is 0 Å². The predicted molar refractivity (Wildman–Crippen MR) is 135 cm³/mol. The molecule has 1 aromatic rings. The molecule has 0 bridgehead atoms. The molecule has 5 atom stereocenters. The van der Waals surface area contributed by atoms with Gasteiger partial charge in [0.05, 0.1) is 12.1 Å². The van der Waals surface area contributed by atoms with E-state index in [-0.39, 0.29) is 31.4 Å². The highest BCUT2D eigenvalue weighted by atomic mass is 32.2. The molecule has 0 radical (unpaired) electrons. The molecule has 0 saturated carbocycles. The van der Waals surface area contributed by atoms with Gasteiger partial charge in [0.1, 0.15) is 23.9 Å². The van der Waals surface area contributed by atoms with Gasteiger partial charge in [-0.3, -0.25) is 19.2 Å². The highest BCUT2D eigenvalue weighted by Crippen LogP contribution is 2.12. The minimum Gasteiger partial charge on any atom is -0.508 e. The standard InChI is InChI=1S/C23H34N4O9S/c1-12(28)19(27-20(32)15(24)7-8-18(30)31)22(34)26-17(11-13-3-5-14(29)6-4-13)21(33)25-16(23(35)36)9-10-37-2/h3-6,12,15-17,19,28-29H,7-11,24H2,1-2H3,(H,25,33)(H,26,34)(H,27,32)(H,30,31)(H,35,36). The Kier molecular flexibility index (Phi) is 13.4. The number of aliphatic carboxylic acids is 2. The zero-order chi connectivity index (χ0) is 28.1. The number of hydrogen-bond donors (Lipinski definition) is 8. The van der Waals surface area contributed by atoms with Crippen molar-refractivity contribution in [2.45, 2.75) is 62.9 Å². The summed E-state index contributed by atoms with van der Waals surface area (Å²) < 4.78 is 0. The van der Waals surface area contributed by atoms with Gasteiger partial charge in [-0.15, -0.1) is 0 Å². The van der Waals surface area contributed by atoms with E-state index in [0.29, 0.717) is 11.3 Å². The van der Waals surface area contributed by atoms with Crippen molar-refractivity contribution in [2.75, 3.05) is 12.0 Å². The first-order chi connectivity index (χ1) is 17.3. The SMILES string of the molecule is CSCCC(NC(=O)C(Cc1ccc(O)cc1)NC(=O)C(NC(=O)C(N)CCC(=O)O)C(C)O)C(=O)O. The molecule has 0 fully saturated rings. The van der Waals surface area contributed by atoms with Crippen LogP contribution >= 0.6 is 11.8 Å². The van der Waals surface area contributed by atoms with Gasteiger partial charge < -0.3 is 42.1 Å². The number of rotatable bonds is 16. The van der Waals surface area contributed by atoms with Gasteiger partial charge in [-0.05, 0) is 49.5 Å². The third-order valence-corrected chi connectivity index (χ3v) is 5.95. The molecule has 5 unspecified atom stereocenters. The van der Waals surface area contributed by atoms with Gasteiger partial charge in [0.2, 0.25) is 17.7 Å². The zero-order valence-corrected chi connectivity index (χ0v) is 21.4. The number of phenolic OH excluding ortho intramolecular Hbond substituents is 1. The van der Waals surface area contributed by atoms with Crippen LogP contribution in [0.4, 0.5) is 0 Å². The van der Waals surface area contributed by atoms with Crippen LogP contribution in [0.2, 0.25) is 0 Å². The number of carboxylic acids is 2. The summed E-state index contributed by atoms with van der Waals surface area (Å²) in [6, 6.07) is 0.480. The summed E-state index contributed by atoms with van der Waals surface area (Å²) in [6.45, 7) is 1.23. The average molecular weight is 543 g/mol. The van der Waals surface area contributed by atoms with Gasteiger partial charge in [0.15, 0.2) is 0 Å². The van der Waals surface area contributed by atoms with Gasteiger partial charge in [0, 0.05) is 12.8 Å². The number of aliphatic hydroxyl groups excluding tert-OH is 1. The Morgan fingerprint density at radius 2 is 1.51 bits per heavy atom. The van der Waals surface area contributed by atoms with E-state index in [1.54, 1.807) is 6.26 Å². The van der Waals surface area contributed by atoms with E-state index >= 15 is 0 Å². The van der Waals surface area contributed by atoms with Crippen LogP contribution in [-0.2, 0) is 30.4 Å². The Hall–Kier alpha value is -3.36. The number of carbonyl (C=O) groups is 5. The van der Waals surface area contributed by atoms with Crippen LogP contribution in [-0.4, -0.2) is 92.4 Å². The summed E-state index contributed by atoms with van der Waals surface area (Å²) in [6.07, 6.45) is -0.161. The maximum absolute atomic E-state index is 13.0. The number of carboxylic acid groups (broad SMARTS) is 2. The minimum atomic E-state index is -1.54. The molecule has 13 nitrogen and oxygen atoms in total. The van der Waals surface area contributed by atoms with E-state index < -0.39 is 59.9 Å². The van der Waals surface area contributed by atoms with Crippen molar-refractivity contribution in [2.24, 2.45) is 5.73 Å². The lowest BCUT2D eigenvalue weighted by Crippen LogP contribution is -2.60. The number of aliphatic hydroxyl groups is 1. The fourth-order valence-corrected chi connectivity index (χ4v) is 3.65. The fourth-order valence-electron chi connectivity index (χ4n) is 3.18. The maximum atomic E-state index is 13.0. The summed E-state index contributed by atoms with van der Waals surface area (Å²) >= 11 is 1.40. The van der Waals surface area contributed by atoms with Crippen molar-refractivity contribution >= 4 is 41.4 Å². The van der Waals surface area contributed by atoms with Gasteiger partial charge in [-0.2, -0.15) is 11.8 Å². The molecule has 0 aromatic heterocycles. The van der Waals surface area contributed by atoms with Crippen LogP contribution in [0.15, 0.2) is 24.3 Å². The average Bonchev–Trinajstić information content (AvgIpc) is 2.83. The lowest BCUT2D eigenvalue weighted by molar-refractivity contribution is -0.142. The zero-order valence-electron chi connectivity index (χ0n) is 20.5. The largest absolute Gasteiger partial charge is 0.508 e. The third kappa shape index (κ3) is 11.5. The van der Waals surface area contributed by atoms with Gasteiger partial charge in [-0.1, -0.05) is 12.1 Å². The van der Waals surface area contributed by atoms with Gasteiger partial charge in [0.25, 0.3) is 0 Å². The molecule has 206 valence electrons. The van der Waals surface area contributed by atoms with Crippen LogP contribution in [0.1, 0.15) is 31.7 Å². The Morgan fingerprint density at radius 3 is 2.03 bits per heavy atom. The van der Waals surface area contributed by atoms with Crippen LogP contribution < -0.4 is 21.7 Å². The van der Waals surface area contributed by atoms with E-state index in [1.807, 2.05) is 0 Å². The Bertz CT molecular complexity index is 943. The molecule has 0 aliphatic rings. The molecular weight excluding hydrogens is 508 g/mol. The Balaban J connectivity index is 3.08. The summed E-state index contributed by atoms with van der Waals surface area (Å²) in [5.41, 5.74) is 6.20. The van der Waals surface area contributed by atoms with Crippen molar-refractivity contribution in [3.8, 4) is 5.75 Å². The second kappa shape index (κ2) is 15.7. The highest BCUT2D eigenvalue weighted by Gasteiger charge is 2.32. The van der Waals surface area contributed by atoms with Gasteiger partial charge >= 0.3 is 11.9 Å². The van der Waals surface area contributed by atoms with E-state index in [1.165, 1.54) is 43.0 Å². The number of benzene rings is 1. The van der Waals surface area contributed by atoms with Gasteiger partial charge in [-0.25, -0.2) is 4.79 Å². The molecule has 3 amide bonds. The highest BCUT2D eigenvalue weighted by molar-refractivity contribution is 7.98. The summed E-state index contributed by atoms with van der Waals surface area (Å²) in [5.74, 6) is -4.58. The van der Waals surface area contributed by atoms with Crippen LogP contribution in [0, 0.1) is 0 Å². The van der Waals surface area contributed by atoms with Crippen LogP contribution in [0.3, 0.4) is 0 Å². The van der Waals surface area contributed by atoms with Crippen molar-refractivity contribution < 1.29 is 44.4 Å². The fraction of sp³-hybridized carbons (Fsp3) is 0.522. The normalized spacial score (nSPS) is 14.9. The van der Waals surface area contributed by atoms with Crippen molar-refractivity contribution in [1.82, 2.24) is 16.0 Å². The quantitative estimate of drug-likeness (QED) is 0.124. The first-order valence-corrected chi connectivity index (χ1v) is 12.8. The van der Waals surface area contributed by atoms with Crippen LogP contribution in [0.5, 0.6) is 5.75 Å². The molecular formula is C23H34N4O9S. The number of nitrogens with two attached hydrogens (primary N) is 1. The van der Waals surface area contributed by atoms with E-state index in [0.717, 1.165) is 0 Å². The predicted octanol–water partition coefficient (Wildman–Crippen LogP) is -1.20. The molecule has 0 spiro atoms. The number of carbonyl (C=O) groups excluding carboxylic acids is 3. The molecule has 9 N–H and O–H groups in total. The first-order valence-electron chi connectivity index (χ1n) is 11.4. The summed E-state index contributed by atoms with van der Waals surface area (Å²) in [5, 5.41) is 44.9. The molecule has 0 saturated heterocycles. The molecule has 0 aliphatic heterocycles. The Morgan fingerprint density at radius 1 is 0.919 bits per heavy atom. The Labute approximate surface area is 218 Å². The molecule has 14 heteroatoms. The molecule has 37 heavy (non-hydrogen) atoms. The number of thioether (sulfide) groups is 1. The van der Waals surface area contributed by atoms with E-state index in [9.17, 15) is 39.3 Å². The number of nitrogens with one attached hydrogen (secondary N) is 3. The van der Waals surface area contributed by atoms with Crippen molar-refractivity contribution in [1.29, 1.82) is 0 Å². The lowest BCUT2D eigenvalue weighted by atomic mass is 10.0.